The van der Waals surface area contributed by atoms with Crippen LogP contribution in [0.5, 0.6) is 0 Å². The van der Waals surface area contributed by atoms with E-state index < -0.39 is 24.4 Å². The molecule has 0 saturated heterocycles. The predicted octanol–water partition coefficient (Wildman–Crippen LogP) is 3.49. The van der Waals surface area contributed by atoms with E-state index in [1.54, 1.807) is 37.4 Å². The lowest BCUT2D eigenvalue weighted by Crippen LogP contribution is -2.30. The minimum absolute atomic E-state index is 0.168. The Morgan fingerprint density at radius 2 is 1.73 bits per heavy atom. The highest BCUT2D eigenvalue weighted by molar-refractivity contribution is 6.02. The smallest absolute Gasteiger partial charge is 0.338 e. The summed E-state index contributed by atoms with van der Waals surface area (Å²) in [4.78, 5) is 37.6. The molecule has 2 aromatic carbocycles. The second-order valence-corrected chi connectivity index (χ2v) is 6.46. The molecule has 3 rings (SSSR count). The fourth-order valence-corrected chi connectivity index (χ4v) is 2.56. The number of esters is 1. The van der Waals surface area contributed by atoms with Gasteiger partial charge in [-0.1, -0.05) is 12.1 Å². The van der Waals surface area contributed by atoms with Crippen LogP contribution >= 0.6 is 0 Å². The number of hydrogen-bond acceptors (Lipinski definition) is 5. The van der Waals surface area contributed by atoms with E-state index in [1.165, 1.54) is 41.5 Å². The maximum absolute atomic E-state index is 12.9. The van der Waals surface area contributed by atoms with Crippen LogP contribution in [0.4, 0.5) is 10.1 Å². The van der Waals surface area contributed by atoms with E-state index in [0.29, 0.717) is 5.69 Å². The number of anilines is 1. The third-order valence-corrected chi connectivity index (χ3v) is 4.21. The van der Waals surface area contributed by atoms with Crippen LogP contribution in [0.25, 0.3) is 0 Å². The van der Waals surface area contributed by atoms with E-state index >= 15 is 0 Å². The van der Waals surface area contributed by atoms with Gasteiger partial charge < -0.3 is 19.4 Å². The fourth-order valence-electron chi connectivity index (χ4n) is 2.56. The number of rotatable bonds is 7. The van der Waals surface area contributed by atoms with E-state index in [4.69, 9.17) is 9.15 Å². The van der Waals surface area contributed by atoms with Crippen LogP contribution in [0, 0.1) is 5.82 Å². The average molecular weight is 410 g/mol. The number of furan rings is 1. The van der Waals surface area contributed by atoms with Gasteiger partial charge in [-0.15, -0.1) is 0 Å². The maximum Gasteiger partial charge on any atom is 0.338 e. The van der Waals surface area contributed by atoms with Crippen LogP contribution in [0.15, 0.2) is 71.3 Å². The molecule has 1 heterocycles. The molecule has 30 heavy (non-hydrogen) atoms. The maximum atomic E-state index is 12.9. The lowest BCUT2D eigenvalue weighted by molar-refractivity contribution is -0.133. The monoisotopic (exact) mass is 410 g/mol. The molecule has 7 nitrogen and oxygen atoms in total. The van der Waals surface area contributed by atoms with E-state index in [9.17, 15) is 18.8 Å². The summed E-state index contributed by atoms with van der Waals surface area (Å²) in [6, 6.07) is 15.0. The van der Waals surface area contributed by atoms with E-state index in [0.717, 1.165) is 5.56 Å². The number of ether oxygens (including phenoxy) is 1. The van der Waals surface area contributed by atoms with Gasteiger partial charge in [0, 0.05) is 19.3 Å². The second kappa shape index (κ2) is 9.51. The molecular formula is C22H19FN2O5. The number of hydrogen-bond donors (Lipinski definition) is 1. The number of carbonyl (C=O) groups is 3. The third kappa shape index (κ3) is 5.54. The molecular weight excluding hydrogens is 391 g/mol. The second-order valence-electron chi connectivity index (χ2n) is 6.46. The first-order valence-corrected chi connectivity index (χ1v) is 9.03. The van der Waals surface area contributed by atoms with Gasteiger partial charge in [0.05, 0.1) is 11.8 Å². The molecule has 1 aromatic heterocycles. The van der Waals surface area contributed by atoms with Crippen LogP contribution in [-0.2, 0) is 16.1 Å². The van der Waals surface area contributed by atoms with Crippen molar-refractivity contribution in [3.05, 3.63) is 89.6 Å². The summed E-state index contributed by atoms with van der Waals surface area (Å²) < 4.78 is 23.0. The number of likely N-dealkylation sites (N-methyl/N-ethyl adjacent to an activating group) is 1. The number of halogens is 1. The molecule has 8 heteroatoms. The molecule has 0 aliphatic heterocycles. The average Bonchev–Trinajstić information content (AvgIpc) is 3.29. The van der Waals surface area contributed by atoms with Gasteiger partial charge in [0.2, 0.25) is 0 Å². The van der Waals surface area contributed by atoms with Crippen molar-refractivity contribution >= 4 is 23.5 Å². The summed E-state index contributed by atoms with van der Waals surface area (Å²) in [7, 11) is 1.57. The van der Waals surface area contributed by atoms with Gasteiger partial charge in [0.25, 0.3) is 11.8 Å². The number of amides is 2. The zero-order chi connectivity index (χ0) is 21.5. The number of benzene rings is 2. The van der Waals surface area contributed by atoms with Gasteiger partial charge in [0.1, 0.15) is 5.82 Å². The van der Waals surface area contributed by atoms with Gasteiger partial charge in [-0.25, -0.2) is 9.18 Å². The van der Waals surface area contributed by atoms with Gasteiger partial charge in [-0.05, 0) is 54.1 Å². The van der Waals surface area contributed by atoms with Crippen molar-refractivity contribution in [1.82, 2.24) is 4.90 Å². The van der Waals surface area contributed by atoms with Gasteiger partial charge in [-0.2, -0.15) is 0 Å². The molecule has 1 N–H and O–H groups in total. The molecule has 0 unspecified atom stereocenters. The molecule has 0 bridgehead atoms. The van der Waals surface area contributed by atoms with Crippen LogP contribution in [0.1, 0.15) is 26.5 Å². The van der Waals surface area contributed by atoms with Crippen molar-refractivity contribution in [1.29, 1.82) is 0 Å². The Morgan fingerprint density at radius 1 is 1.03 bits per heavy atom. The highest BCUT2D eigenvalue weighted by atomic mass is 19.1. The zero-order valence-corrected chi connectivity index (χ0v) is 16.1. The van der Waals surface area contributed by atoms with Crippen LogP contribution in [0.3, 0.4) is 0 Å². The first-order chi connectivity index (χ1) is 14.4. The van der Waals surface area contributed by atoms with Crippen LogP contribution in [0.2, 0.25) is 0 Å². The normalized spacial score (nSPS) is 10.3. The van der Waals surface area contributed by atoms with Crippen LogP contribution in [-0.4, -0.2) is 36.3 Å². The van der Waals surface area contributed by atoms with Crippen molar-refractivity contribution in [2.45, 2.75) is 6.54 Å². The van der Waals surface area contributed by atoms with Gasteiger partial charge in [0.15, 0.2) is 12.4 Å². The van der Waals surface area contributed by atoms with Gasteiger partial charge in [-0.3, -0.25) is 9.59 Å². The number of nitrogens with one attached hydrogen (secondary N) is 1. The number of nitrogens with zero attached hydrogens (tertiary/aromatic N) is 1. The minimum Gasteiger partial charge on any atom is -0.459 e. The Morgan fingerprint density at radius 3 is 2.37 bits per heavy atom. The SMILES string of the molecule is CN(Cc1ccc(F)cc1)C(=O)COC(=O)c1ccc(NC(=O)c2ccco2)cc1. The largest absolute Gasteiger partial charge is 0.459 e. The molecule has 0 fully saturated rings. The fraction of sp³-hybridized carbons (Fsp3) is 0.136. The molecule has 3 aromatic rings. The molecule has 2 amide bonds. The predicted molar refractivity (Wildman–Crippen MR) is 106 cm³/mol. The summed E-state index contributed by atoms with van der Waals surface area (Å²) in [5, 5.41) is 2.63. The highest BCUT2D eigenvalue weighted by Crippen LogP contribution is 2.13. The van der Waals surface area contributed by atoms with E-state index in [1.807, 2.05) is 0 Å². The minimum atomic E-state index is -0.664. The van der Waals surface area contributed by atoms with E-state index in [-0.39, 0.29) is 23.7 Å². The molecule has 0 atom stereocenters. The molecule has 0 aliphatic rings. The molecule has 0 spiro atoms. The Labute approximate surface area is 172 Å². The molecule has 0 radical (unpaired) electrons. The van der Waals surface area contributed by atoms with Crippen molar-refractivity contribution in [3.63, 3.8) is 0 Å². The lowest BCUT2D eigenvalue weighted by Gasteiger charge is -2.17. The van der Waals surface area contributed by atoms with E-state index in [2.05, 4.69) is 5.32 Å². The summed E-state index contributed by atoms with van der Waals surface area (Å²) in [5.41, 5.74) is 1.47. The third-order valence-electron chi connectivity index (χ3n) is 4.21. The summed E-state index contributed by atoms with van der Waals surface area (Å²) in [5.74, 6) is -1.66. The first-order valence-electron chi connectivity index (χ1n) is 9.03. The summed E-state index contributed by atoms with van der Waals surface area (Å²) >= 11 is 0. The topological polar surface area (TPSA) is 88.9 Å². The molecule has 0 saturated carbocycles. The highest BCUT2D eigenvalue weighted by Gasteiger charge is 2.15. The summed E-state index contributed by atoms with van der Waals surface area (Å²) in [6.45, 7) is -0.158. The van der Waals surface area contributed by atoms with Gasteiger partial charge >= 0.3 is 5.97 Å². The Balaban J connectivity index is 1.48. The first kappa shape index (κ1) is 20.8. The zero-order valence-electron chi connectivity index (χ0n) is 16.1. The Kier molecular flexibility index (Phi) is 6.59. The molecule has 0 aliphatic carbocycles. The van der Waals surface area contributed by atoms with Crippen molar-refractivity contribution in [2.24, 2.45) is 0 Å². The lowest BCUT2D eigenvalue weighted by atomic mass is 10.2. The Bertz CT molecular complexity index is 1010. The van der Waals surface area contributed by atoms with Crippen LogP contribution < -0.4 is 5.32 Å². The van der Waals surface area contributed by atoms with Crippen molar-refractivity contribution < 1.29 is 27.9 Å². The summed E-state index contributed by atoms with van der Waals surface area (Å²) in [6.07, 6.45) is 1.40. The standard InChI is InChI=1S/C22H19FN2O5/c1-25(13-15-4-8-17(23)9-5-15)20(26)14-30-22(28)16-6-10-18(11-7-16)24-21(27)19-3-2-12-29-19/h2-12H,13-14H2,1H3,(H,24,27). The van der Waals surface area contributed by atoms with Crippen molar-refractivity contribution in [3.8, 4) is 0 Å². The van der Waals surface area contributed by atoms with Crippen molar-refractivity contribution in [2.75, 3.05) is 19.0 Å². The quantitative estimate of drug-likeness (QED) is 0.603. The molecule has 154 valence electrons. The Hall–Kier alpha value is -3.94. The number of carbonyl (C=O) groups excluding carboxylic acids is 3.